The van der Waals surface area contributed by atoms with Crippen LogP contribution in [-0.4, -0.2) is 28.4 Å². The molecular weight excluding hydrogens is 386 g/mol. The van der Waals surface area contributed by atoms with Gasteiger partial charge >= 0.3 is 11.6 Å². The highest BCUT2D eigenvalue weighted by Gasteiger charge is 2.44. The number of hydrogen-bond donors (Lipinski definition) is 1. The van der Waals surface area contributed by atoms with Gasteiger partial charge in [-0.15, -0.1) is 0 Å². The number of rotatable bonds is 7. The molecule has 6 rings (SSSR count). The number of hydrogen-bond acceptors (Lipinski definition) is 7. The standard InChI is InChI=1S/C22H27N3O5/c1-28-22-9-7-14(8-10-22)16(12-22)25-30-21-23-19(27)18-15(4-2-3-13-5-6-13)11-17(26)29-20(18)24-21/h11,13-14H,2-10,12H2,1H3,(H,23,24,27). The van der Waals surface area contributed by atoms with E-state index in [1.54, 1.807) is 7.11 Å². The minimum Gasteiger partial charge on any atom is -0.403 e. The summed E-state index contributed by atoms with van der Waals surface area (Å²) >= 11 is 0. The fourth-order valence-electron chi connectivity index (χ4n) is 4.97. The Balaban J connectivity index is 1.39. The largest absolute Gasteiger partial charge is 0.403 e. The maximum atomic E-state index is 12.7. The lowest BCUT2D eigenvalue weighted by Gasteiger charge is -2.45. The molecule has 2 aromatic rings. The number of fused-ring (bicyclic) bond motifs is 4. The summed E-state index contributed by atoms with van der Waals surface area (Å²) in [4.78, 5) is 37.0. The zero-order chi connectivity index (χ0) is 20.7. The predicted molar refractivity (Wildman–Crippen MR) is 111 cm³/mol. The molecule has 4 aliphatic carbocycles. The molecule has 0 radical (unpaired) electrons. The normalized spacial score (nSPS) is 27.1. The van der Waals surface area contributed by atoms with Gasteiger partial charge in [-0.3, -0.25) is 9.78 Å². The van der Waals surface area contributed by atoms with Crippen molar-refractivity contribution < 1.29 is 14.0 Å². The van der Waals surface area contributed by atoms with Gasteiger partial charge in [0, 0.05) is 25.5 Å². The van der Waals surface area contributed by atoms with Crippen molar-refractivity contribution in [2.45, 2.75) is 69.8 Å². The van der Waals surface area contributed by atoms with Gasteiger partial charge in [-0.05, 0) is 50.0 Å². The van der Waals surface area contributed by atoms with Crippen LogP contribution in [0, 0.1) is 11.8 Å². The summed E-state index contributed by atoms with van der Waals surface area (Å²) < 4.78 is 10.9. The quantitative estimate of drug-likeness (QED) is 0.698. The number of aromatic nitrogens is 2. The van der Waals surface area contributed by atoms with E-state index in [-0.39, 0.29) is 22.9 Å². The Morgan fingerprint density at radius 1 is 1.27 bits per heavy atom. The van der Waals surface area contributed by atoms with Crippen molar-refractivity contribution in [3.63, 3.8) is 0 Å². The molecular formula is C22H27N3O5. The van der Waals surface area contributed by atoms with Crippen LogP contribution >= 0.6 is 0 Å². The van der Waals surface area contributed by atoms with Gasteiger partial charge in [0.1, 0.15) is 5.39 Å². The summed E-state index contributed by atoms with van der Waals surface area (Å²) in [6.07, 6.45) is 10.1. The predicted octanol–water partition coefficient (Wildman–Crippen LogP) is 3.32. The Morgan fingerprint density at radius 2 is 2.07 bits per heavy atom. The molecule has 0 unspecified atom stereocenters. The lowest BCUT2D eigenvalue weighted by Crippen LogP contribution is -2.47. The number of aryl methyl sites for hydroxylation is 1. The molecule has 0 saturated heterocycles. The van der Waals surface area contributed by atoms with Gasteiger partial charge in [-0.2, -0.15) is 4.98 Å². The first-order valence-electron chi connectivity index (χ1n) is 10.9. The van der Waals surface area contributed by atoms with Gasteiger partial charge in [-0.25, -0.2) is 4.79 Å². The number of H-pyrrole nitrogens is 1. The van der Waals surface area contributed by atoms with Crippen LogP contribution in [0.25, 0.3) is 11.1 Å². The molecule has 4 aliphatic rings. The third-order valence-electron chi connectivity index (χ3n) is 6.98. The number of methoxy groups -OCH3 is 1. The highest BCUT2D eigenvalue weighted by Crippen LogP contribution is 2.44. The smallest absolute Gasteiger partial charge is 0.337 e. The molecule has 8 nitrogen and oxygen atoms in total. The van der Waals surface area contributed by atoms with Crippen LogP contribution in [0.1, 0.15) is 63.4 Å². The average molecular weight is 413 g/mol. The van der Waals surface area contributed by atoms with Crippen LogP contribution in [0.15, 0.2) is 25.2 Å². The summed E-state index contributed by atoms with van der Waals surface area (Å²) in [5, 5.41) is 4.60. The van der Waals surface area contributed by atoms with Gasteiger partial charge < -0.3 is 14.0 Å². The Hall–Kier alpha value is -2.48. The molecule has 160 valence electrons. The fraction of sp³-hybridized carbons (Fsp3) is 0.636. The van der Waals surface area contributed by atoms with E-state index in [0.717, 1.165) is 56.6 Å². The van der Waals surface area contributed by atoms with Crippen LogP contribution in [0.5, 0.6) is 6.01 Å². The topological polar surface area (TPSA) is 107 Å². The summed E-state index contributed by atoms with van der Waals surface area (Å²) in [6.45, 7) is 0. The van der Waals surface area contributed by atoms with E-state index in [1.807, 2.05) is 0 Å². The van der Waals surface area contributed by atoms with Gasteiger partial charge in [0.15, 0.2) is 0 Å². The van der Waals surface area contributed by atoms with E-state index in [1.165, 1.54) is 18.9 Å². The van der Waals surface area contributed by atoms with Crippen LogP contribution in [-0.2, 0) is 11.2 Å². The molecule has 0 aromatic carbocycles. The van der Waals surface area contributed by atoms with Crippen LogP contribution < -0.4 is 16.0 Å². The number of nitrogens with one attached hydrogen (secondary N) is 1. The fourth-order valence-corrected chi connectivity index (χ4v) is 4.97. The van der Waals surface area contributed by atoms with Crippen LogP contribution in [0.2, 0.25) is 0 Å². The molecule has 4 fully saturated rings. The first-order chi connectivity index (χ1) is 14.5. The Bertz CT molecular complexity index is 1090. The van der Waals surface area contributed by atoms with Crippen molar-refractivity contribution in [3.8, 4) is 6.01 Å². The molecule has 0 aliphatic heterocycles. The van der Waals surface area contributed by atoms with Crippen molar-refractivity contribution >= 4 is 16.8 Å². The molecule has 30 heavy (non-hydrogen) atoms. The monoisotopic (exact) mass is 413 g/mol. The third kappa shape index (κ3) is 3.80. The molecule has 2 bridgehead atoms. The summed E-state index contributed by atoms with van der Waals surface area (Å²) in [5.74, 6) is 1.18. The van der Waals surface area contributed by atoms with Gasteiger partial charge in [0.25, 0.3) is 5.56 Å². The van der Waals surface area contributed by atoms with Gasteiger partial charge in [0.2, 0.25) is 5.71 Å². The Labute approximate surface area is 173 Å². The number of aromatic amines is 1. The second-order valence-electron chi connectivity index (χ2n) is 8.99. The first kappa shape index (κ1) is 19.5. The zero-order valence-corrected chi connectivity index (χ0v) is 17.2. The second-order valence-corrected chi connectivity index (χ2v) is 8.99. The lowest BCUT2D eigenvalue weighted by atomic mass is 9.66. The third-order valence-corrected chi connectivity index (χ3v) is 6.98. The Kier molecular flexibility index (Phi) is 4.97. The molecule has 0 spiro atoms. The molecule has 4 saturated carbocycles. The molecule has 8 heteroatoms. The van der Waals surface area contributed by atoms with Crippen LogP contribution in [0.4, 0.5) is 0 Å². The molecule has 0 amide bonds. The van der Waals surface area contributed by atoms with E-state index in [4.69, 9.17) is 14.0 Å². The molecule has 0 atom stereocenters. The average Bonchev–Trinajstić information content (AvgIpc) is 3.57. The van der Waals surface area contributed by atoms with E-state index < -0.39 is 5.63 Å². The molecule has 2 aromatic heterocycles. The minimum absolute atomic E-state index is 0.00129. The van der Waals surface area contributed by atoms with Crippen molar-refractivity contribution in [3.05, 3.63) is 32.4 Å². The number of oxime groups is 1. The van der Waals surface area contributed by atoms with E-state index in [9.17, 15) is 9.59 Å². The Morgan fingerprint density at radius 3 is 2.80 bits per heavy atom. The summed E-state index contributed by atoms with van der Waals surface area (Å²) in [7, 11) is 1.75. The van der Waals surface area contributed by atoms with Crippen molar-refractivity contribution in [2.24, 2.45) is 17.0 Å². The SMILES string of the molecule is COC12CCC(CC1)C(=NOc1nc3oc(=O)cc(CCCC4CC4)c3c(=O)[nH]1)C2. The van der Waals surface area contributed by atoms with E-state index in [0.29, 0.717) is 23.3 Å². The van der Waals surface area contributed by atoms with Gasteiger partial charge in [0.05, 0.1) is 11.3 Å². The number of nitrogens with zero attached hydrogens (tertiary/aromatic N) is 2. The second kappa shape index (κ2) is 7.65. The van der Waals surface area contributed by atoms with E-state index in [2.05, 4.69) is 15.1 Å². The number of ether oxygens (including phenoxy) is 1. The highest BCUT2D eigenvalue weighted by atomic mass is 16.6. The highest BCUT2D eigenvalue weighted by molar-refractivity contribution is 5.89. The first-order valence-corrected chi connectivity index (χ1v) is 10.9. The van der Waals surface area contributed by atoms with Crippen molar-refractivity contribution in [1.29, 1.82) is 0 Å². The van der Waals surface area contributed by atoms with Crippen LogP contribution in [0.3, 0.4) is 0 Å². The summed E-state index contributed by atoms with van der Waals surface area (Å²) in [5.41, 5.74) is 0.585. The summed E-state index contributed by atoms with van der Waals surface area (Å²) in [6, 6.07) is 1.33. The molecule has 2 heterocycles. The van der Waals surface area contributed by atoms with Crippen molar-refractivity contribution in [1.82, 2.24) is 9.97 Å². The maximum absolute atomic E-state index is 12.7. The zero-order valence-electron chi connectivity index (χ0n) is 17.2. The van der Waals surface area contributed by atoms with Gasteiger partial charge in [-0.1, -0.05) is 24.4 Å². The maximum Gasteiger partial charge on any atom is 0.337 e. The van der Waals surface area contributed by atoms with E-state index >= 15 is 0 Å². The minimum atomic E-state index is -0.508. The van der Waals surface area contributed by atoms with Crippen molar-refractivity contribution in [2.75, 3.05) is 7.11 Å². The molecule has 1 N–H and O–H groups in total. The lowest BCUT2D eigenvalue weighted by molar-refractivity contribution is -0.0517.